The summed E-state index contributed by atoms with van der Waals surface area (Å²) in [6, 6.07) is 9.73. The van der Waals surface area contributed by atoms with Gasteiger partial charge < -0.3 is 10.0 Å². The zero-order valence-corrected chi connectivity index (χ0v) is 11.7. The quantitative estimate of drug-likeness (QED) is 0.858. The van der Waals surface area contributed by atoms with Gasteiger partial charge in [0.05, 0.1) is 11.2 Å². The van der Waals surface area contributed by atoms with Crippen molar-refractivity contribution in [3.63, 3.8) is 0 Å². The van der Waals surface area contributed by atoms with Gasteiger partial charge in [0.1, 0.15) is 0 Å². The van der Waals surface area contributed by atoms with Crippen LogP contribution in [0.3, 0.4) is 0 Å². The fourth-order valence-electron chi connectivity index (χ4n) is 2.10. The van der Waals surface area contributed by atoms with Crippen LogP contribution in [-0.4, -0.2) is 40.7 Å². The van der Waals surface area contributed by atoms with Gasteiger partial charge in [0.2, 0.25) is 5.91 Å². The molecular formula is C14H17NO3S. The Hall–Kier alpha value is -1.49. The number of rotatable bonds is 4. The average Bonchev–Trinajstić information content (AvgIpc) is 2.81. The van der Waals surface area contributed by atoms with E-state index in [0.717, 1.165) is 4.90 Å². The lowest BCUT2D eigenvalue weighted by Gasteiger charge is -2.20. The molecule has 1 unspecified atom stereocenters. The molecule has 19 heavy (non-hydrogen) atoms. The molecule has 1 aliphatic heterocycles. The molecule has 1 aromatic rings. The van der Waals surface area contributed by atoms with Crippen molar-refractivity contribution in [2.24, 2.45) is 5.41 Å². The van der Waals surface area contributed by atoms with Crippen molar-refractivity contribution in [1.29, 1.82) is 0 Å². The van der Waals surface area contributed by atoms with Gasteiger partial charge in [0, 0.05) is 18.0 Å². The van der Waals surface area contributed by atoms with Crippen LogP contribution in [0.2, 0.25) is 0 Å². The molecule has 1 N–H and O–H groups in total. The fourth-order valence-corrected chi connectivity index (χ4v) is 2.92. The maximum Gasteiger partial charge on any atom is 0.311 e. The van der Waals surface area contributed by atoms with Crippen molar-refractivity contribution >= 4 is 23.6 Å². The number of carboxylic acids is 1. The Bertz CT molecular complexity index is 477. The number of thioether (sulfide) groups is 1. The topological polar surface area (TPSA) is 57.6 Å². The second-order valence-electron chi connectivity index (χ2n) is 5.03. The molecule has 5 heteroatoms. The van der Waals surface area contributed by atoms with E-state index in [-0.39, 0.29) is 5.91 Å². The zero-order chi connectivity index (χ0) is 13.9. The second kappa shape index (κ2) is 5.65. The lowest BCUT2D eigenvalue weighted by atomic mass is 9.90. The molecular weight excluding hydrogens is 262 g/mol. The number of likely N-dealkylation sites (tertiary alicyclic amines) is 1. The molecule has 1 aromatic carbocycles. The molecule has 1 amide bonds. The van der Waals surface area contributed by atoms with Crippen molar-refractivity contribution in [3.8, 4) is 0 Å². The molecule has 0 aromatic heterocycles. The highest BCUT2D eigenvalue weighted by Crippen LogP contribution is 2.30. The van der Waals surface area contributed by atoms with Crippen LogP contribution in [0.4, 0.5) is 0 Å². The van der Waals surface area contributed by atoms with Crippen LogP contribution < -0.4 is 0 Å². The first-order valence-corrected chi connectivity index (χ1v) is 7.19. The third-order valence-electron chi connectivity index (χ3n) is 3.45. The van der Waals surface area contributed by atoms with E-state index in [0.29, 0.717) is 25.3 Å². The third-order valence-corrected chi connectivity index (χ3v) is 4.44. The van der Waals surface area contributed by atoms with E-state index in [1.54, 1.807) is 11.8 Å². The minimum Gasteiger partial charge on any atom is -0.481 e. The first-order valence-electron chi connectivity index (χ1n) is 6.20. The van der Waals surface area contributed by atoms with E-state index in [4.69, 9.17) is 5.11 Å². The van der Waals surface area contributed by atoms with E-state index in [9.17, 15) is 9.59 Å². The Kier molecular flexibility index (Phi) is 4.14. The highest BCUT2D eigenvalue weighted by molar-refractivity contribution is 8.00. The van der Waals surface area contributed by atoms with Crippen molar-refractivity contribution in [2.75, 3.05) is 18.8 Å². The van der Waals surface area contributed by atoms with Crippen LogP contribution in [0.25, 0.3) is 0 Å². The Morgan fingerprint density at radius 1 is 1.37 bits per heavy atom. The molecule has 4 nitrogen and oxygen atoms in total. The monoisotopic (exact) mass is 279 g/mol. The Morgan fingerprint density at radius 3 is 2.63 bits per heavy atom. The highest BCUT2D eigenvalue weighted by Gasteiger charge is 2.41. The predicted octanol–water partition coefficient (Wildman–Crippen LogP) is 2.10. The van der Waals surface area contributed by atoms with E-state index in [1.165, 1.54) is 11.8 Å². The van der Waals surface area contributed by atoms with Crippen LogP contribution in [-0.2, 0) is 9.59 Å². The minimum atomic E-state index is -0.821. The summed E-state index contributed by atoms with van der Waals surface area (Å²) in [6.45, 7) is 2.56. The lowest BCUT2D eigenvalue weighted by Crippen LogP contribution is -2.35. The Labute approximate surface area is 116 Å². The first-order chi connectivity index (χ1) is 9.01. The number of hydrogen-bond donors (Lipinski definition) is 1. The van der Waals surface area contributed by atoms with Gasteiger partial charge >= 0.3 is 5.97 Å². The number of carbonyl (C=O) groups excluding carboxylic acids is 1. The van der Waals surface area contributed by atoms with E-state index >= 15 is 0 Å². The van der Waals surface area contributed by atoms with Gasteiger partial charge in [0.15, 0.2) is 0 Å². The highest BCUT2D eigenvalue weighted by atomic mass is 32.2. The largest absolute Gasteiger partial charge is 0.481 e. The van der Waals surface area contributed by atoms with Crippen molar-refractivity contribution < 1.29 is 14.7 Å². The lowest BCUT2D eigenvalue weighted by molar-refractivity contribution is -0.147. The molecule has 1 atom stereocenters. The summed E-state index contributed by atoms with van der Waals surface area (Å²) < 4.78 is 0. The molecule has 0 radical (unpaired) electrons. The summed E-state index contributed by atoms with van der Waals surface area (Å²) in [5.74, 6) is -0.447. The van der Waals surface area contributed by atoms with E-state index < -0.39 is 11.4 Å². The van der Waals surface area contributed by atoms with Crippen LogP contribution in [0.1, 0.15) is 13.3 Å². The smallest absolute Gasteiger partial charge is 0.311 e. The second-order valence-corrected chi connectivity index (χ2v) is 6.08. The molecule has 1 saturated heterocycles. The first kappa shape index (κ1) is 13.9. The number of amides is 1. The number of hydrogen-bond acceptors (Lipinski definition) is 3. The zero-order valence-electron chi connectivity index (χ0n) is 10.8. The molecule has 102 valence electrons. The van der Waals surface area contributed by atoms with Crippen LogP contribution in [0.5, 0.6) is 0 Å². The summed E-state index contributed by atoms with van der Waals surface area (Å²) in [7, 11) is 0. The molecule has 1 fully saturated rings. The van der Waals surface area contributed by atoms with Crippen LogP contribution in [0.15, 0.2) is 35.2 Å². The van der Waals surface area contributed by atoms with Gasteiger partial charge in [-0.3, -0.25) is 9.59 Å². The van der Waals surface area contributed by atoms with Crippen molar-refractivity contribution in [1.82, 2.24) is 4.90 Å². The maximum absolute atomic E-state index is 12.0. The molecule has 0 saturated carbocycles. The predicted molar refractivity (Wildman–Crippen MR) is 74.1 cm³/mol. The summed E-state index contributed by atoms with van der Waals surface area (Å²) in [5.41, 5.74) is -0.785. The number of aliphatic carboxylic acids is 1. The van der Waals surface area contributed by atoms with Gasteiger partial charge in [-0.25, -0.2) is 0 Å². The fraction of sp³-hybridized carbons (Fsp3) is 0.429. The molecule has 2 rings (SSSR count). The SMILES string of the molecule is CC1(C(=O)O)CCN(C(=O)CSc2ccccc2)C1. The number of nitrogens with zero attached hydrogens (tertiary/aromatic N) is 1. The molecule has 0 aliphatic carbocycles. The minimum absolute atomic E-state index is 0.0128. The van der Waals surface area contributed by atoms with Crippen molar-refractivity contribution in [3.05, 3.63) is 30.3 Å². The maximum atomic E-state index is 12.0. The van der Waals surface area contributed by atoms with Gasteiger partial charge in [0.25, 0.3) is 0 Å². The summed E-state index contributed by atoms with van der Waals surface area (Å²) >= 11 is 1.49. The normalized spacial score (nSPS) is 22.5. The molecule has 0 spiro atoms. The van der Waals surface area contributed by atoms with Crippen LogP contribution >= 0.6 is 11.8 Å². The molecule has 1 aliphatic rings. The number of benzene rings is 1. The van der Waals surface area contributed by atoms with Crippen LogP contribution in [0, 0.1) is 5.41 Å². The van der Waals surface area contributed by atoms with Gasteiger partial charge in [-0.15, -0.1) is 11.8 Å². The third kappa shape index (κ3) is 3.29. The van der Waals surface area contributed by atoms with E-state index in [1.807, 2.05) is 30.3 Å². The van der Waals surface area contributed by atoms with E-state index in [2.05, 4.69) is 0 Å². The summed E-state index contributed by atoms with van der Waals surface area (Å²) in [4.78, 5) is 25.9. The summed E-state index contributed by atoms with van der Waals surface area (Å²) in [6.07, 6.45) is 0.532. The van der Waals surface area contributed by atoms with Crippen molar-refractivity contribution in [2.45, 2.75) is 18.2 Å². The summed E-state index contributed by atoms with van der Waals surface area (Å²) in [5, 5.41) is 9.14. The van der Waals surface area contributed by atoms with Gasteiger partial charge in [-0.05, 0) is 25.5 Å². The molecule has 1 heterocycles. The average molecular weight is 279 g/mol. The van der Waals surface area contributed by atoms with Gasteiger partial charge in [-0.1, -0.05) is 18.2 Å². The Balaban J connectivity index is 1.87. The standard InChI is InChI=1S/C14H17NO3S/c1-14(13(17)18)7-8-15(10-14)12(16)9-19-11-5-3-2-4-6-11/h2-6H,7-10H2,1H3,(H,17,18). The number of carbonyl (C=O) groups is 2. The Morgan fingerprint density at radius 2 is 2.05 bits per heavy atom. The van der Waals surface area contributed by atoms with Gasteiger partial charge in [-0.2, -0.15) is 0 Å². The number of carboxylic acid groups (broad SMARTS) is 1. The molecule has 0 bridgehead atoms.